The number of benzene rings is 1. The van der Waals surface area contributed by atoms with Gasteiger partial charge in [0.25, 0.3) is 5.91 Å². The lowest BCUT2D eigenvalue weighted by atomic mass is 9.95. The third-order valence-electron chi connectivity index (χ3n) is 4.90. The van der Waals surface area contributed by atoms with Crippen molar-refractivity contribution in [1.29, 1.82) is 0 Å². The Morgan fingerprint density at radius 1 is 1.04 bits per heavy atom. The molecule has 24 heavy (non-hydrogen) atoms. The molecule has 1 aliphatic carbocycles. The zero-order valence-corrected chi connectivity index (χ0v) is 14.8. The number of nitrogens with zero attached hydrogens (tertiary/aromatic N) is 1. The van der Waals surface area contributed by atoms with Gasteiger partial charge in [0, 0.05) is 31.6 Å². The van der Waals surface area contributed by atoms with Crippen molar-refractivity contribution >= 4 is 11.8 Å². The van der Waals surface area contributed by atoms with E-state index in [0.717, 1.165) is 12.8 Å². The summed E-state index contributed by atoms with van der Waals surface area (Å²) < 4.78 is 0. The number of hydrogen-bond acceptors (Lipinski definition) is 2. The molecule has 0 spiro atoms. The van der Waals surface area contributed by atoms with Crippen molar-refractivity contribution in [2.45, 2.75) is 63.8 Å². The Hall–Kier alpha value is -1.84. The van der Waals surface area contributed by atoms with E-state index in [9.17, 15) is 9.59 Å². The van der Waals surface area contributed by atoms with Crippen LogP contribution in [-0.2, 0) is 4.79 Å². The number of carbonyl (C=O) groups is 2. The summed E-state index contributed by atoms with van der Waals surface area (Å²) in [5.74, 6) is 0.131. The van der Waals surface area contributed by atoms with E-state index in [1.54, 1.807) is 12.1 Å². The van der Waals surface area contributed by atoms with Gasteiger partial charge in [-0.15, -0.1) is 0 Å². The molecule has 1 N–H and O–H groups in total. The predicted molar refractivity (Wildman–Crippen MR) is 96.9 cm³/mol. The molecule has 4 nitrogen and oxygen atoms in total. The minimum absolute atomic E-state index is 0.0728. The maximum atomic E-state index is 12.4. The molecule has 0 atom stereocenters. The van der Waals surface area contributed by atoms with Crippen molar-refractivity contribution in [3.63, 3.8) is 0 Å². The topological polar surface area (TPSA) is 49.4 Å². The Morgan fingerprint density at radius 3 is 2.33 bits per heavy atom. The van der Waals surface area contributed by atoms with Crippen molar-refractivity contribution in [2.24, 2.45) is 0 Å². The lowest BCUT2D eigenvalue weighted by Crippen LogP contribution is -2.37. The van der Waals surface area contributed by atoms with Crippen LogP contribution in [-0.4, -0.2) is 36.3 Å². The smallest absolute Gasteiger partial charge is 0.251 e. The molecule has 0 bridgehead atoms. The van der Waals surface area contributed by atoms with Gasteiger partial charge in [-0.2, -0.15) is 0 Å². The molecule has 132 valence electrons. The summed E-state index contributed by atoms with van der Waals surface area (Å²) in [7, 11) is 1.94. The number of rotatable bonds is 6. The van der Waals surface area contributed by atoms with Crippen LogP contribution < -0.4 is 5.32 Å². The van der Waals surface area contributed by atoms with Crippen LogP contribution in [0.3, 0.4) is 0 Å². The first-order valence-electron chi connectivity index (χ1n) is 9.27. The fourth-order valence-electron chi connectivity index (χ4n) is 3.34. The summed E-state index contributed by atoms with van der Waals surface area (Å²) in [5.41, 5.74) is 0.662. The lowest BCUT2D eigenvalue weighted by molar-refractivity contribution is -0.132. The highest BCUT2D eigenvalue weighted by Gasteiger charge is 2.20. The van der Waals surface area contributed by atoms with E-state index >= 15 is 0 Å². The summed E-state index contributed by atoms with van der Waals surface area (Å²) >= 11 is 0. The second kappa shape index (κ2) is 10.1. The van der Waals surface area contributed by atoms with E-state index in [2.05, 4.69) is 5.32 Å². The summed E-state index contributed by atoms with van der Waals surface area (Å²) in [5, 5.41) is 2.88. The zero-order chi connectivity index (χ0) is 17.2. The van der Waals surface area contributed by atoms with Gasteiger partial charge in [-0.3, -0.25) is 9.59 Å². The molecule has 0 heterocycles. The molecule has 1 fully saturated rings. The average Bonchev–Trinajstić information content (AvgIpc) is 2.58. The largest absolute Gasteiger partial charge is 0.352 e. The third-order valence-corrected chi connectivity index (χ3v) is 4.90. The van der Waals surface area contributed by atoms with Crippen LogP contribution >= 0.6 is 0 Å². The third kappa shape index (κ3) is 5.99. The normalized spacial score (nSPS) is 16.0. The first-order chi connectivity index (χ1) is 11.7. The van der Waals surface area contributed by atoms with Crippen molar-refractivity contribution < 1.29 is 9.59 Å². The highest BCUT2D eigenvalue weighted by atomic mass is 16.2. The fourth-order valence-corrected chi connectivity index (χ4v) is 3.34. The van der Waals surface area contributed by atoms with Gasteiger partial charge < -0.3 is 10.2 Å². The average molecular weight is 330 g/mol. The lowest BCUT2D eigenvalue weighted by Gasteiger charge is -2.30. The van der Waals surface area contributed by atoms with Crippen molar-refractivity contribution in [3.8, 4) is 0 Å². The van der Waals surface area contributed by atoms with Gasteiger partial charge in [0.15, 0.2) is 0 Å². The van der Waals surface area contributed by atoms with E-state index in [1.807, 2.05) is 30.1 Å². The van der Waals surface area contributed by atoms with Gasteiger partial charge in [0.2, 0.25) is 5.91 Å². The minimum Gasteiger partial charge on any atom is -0.352 e. The van der Waals surface area contributed by atoms with E-state index in [0.29, 0.717) is 31.0 Å². The Kier molecular flexibility index (Phi) is 7.80. The molecule has 2 rings (SSSR count). The fraction of sp³-hybridized carbons (Fsp3) is 0.600. The molecule has 0 saturated heterocycles. The van der Waals surface area contributed by atoms with Crippen LogP contribution in [0.4, 0.5) is 0 Å². The van der Waals surface area contributed by atoms with Crippen LogP contribution in [0.5, 0.6) is 0 Å². The van der Waals surface area contributed by atoms with Crippen molar-refractivity contribution in [2.75, 3.05) is 13.6 Å². The number of hydrogen-bond donors (Lipinski definition) is 1. The predicted octanol–water partition coefficient (Wildman–Crippen LogP) is 3.77. The Labute approximate surface area is 145 Å². The molecule has 0 unspecified atom stereocenters. The molecular formula is C20H30N2O2. The quantitative estimate of drug-likeness (QED) is 0.807. The number of amides is 2. The van der Waals surface area contributed by atoms with Crippen LogP contribution in [0.15, 0.2) is 30.3 Å². The van der Waals surface area contributed by atoms with Crippen molar-refractivity contribution in [1.82, 2.24) is 10.2 Å². The SMILES string of the molecule is CN(C(=O)CCCNC(=O)c1ccccc1)C1CCCCCCC1. The van der Waals surface area contributed by atoms with Gasteiger partial charge >= 0.3 is 0 Å². The molecule has 1 aromatic carbocycles. The number of carbonyl (C=O) groups excluding carboxylic acids is 2. The second-order valence-electron chi connectivity index (χ2n) is 6.73. The van der Waals surface area contributed by atoms with E-state index < -0.39 is 0 Å². The molecule has 2 amide bonds. The van der Waals surface area contributed by atoms with Gasteiger partial charge in [-0.1, -0.05) is 50.3 Å². The Balaban J connectivity index is 1.67. The second-order valence-corrected chi connectivity index (χ2v) is 6.73. The molecule has 0 aliphatic heterocycles. The Morgan fingerprint density at radius 2 is 1.67 bits per heavy atom. The van der Waals surface area contributed by atoms with Crippen molar-refractivity contribution in [3.05, 3.63) is 35.9 Å². The first kappa shape index (κ1) is 18.5. The van der Waals surface area contributed by atoms with Gasteiger partial charge in [-0.25, -0.2) is 0 Å². The standard InChI is InChI=1S/C20H30N2O2/c1-22(18-13-8-3-2-4-9-14-18)19(23)15-10-16-21-20(24)17-11-6-5-7-12-17/h5-7,11-12,18H,2-4,8-10,13-16H2,1H3,(H,21,24). The summed E-state index contributed by atoms with van der Waals surface area (Å²) in [4.78, 5) is 26.3. The first-order valence-corrected chi connectivity index (χ1v) is 9.27. The molecule has 4 heteroatoms. The maximum absolute atomic E-state index is 12.4. The van der Waals surface area contributed by atoms with Gasteiger partial charge in [0.1, 0.15) is 0 Å². The molecule has 0 aromatic heterocycles. The van der Waals surface area contributed by atoms with E-state index in [-0.39, 0.29) is 11.8 Å². The molecule has 0 radical (unpaired) electrons. The molecule has 1 aromatic rings. The van der Waals surface area contributed by atoms with Gasteiger partial charge in [0.05, 0.1) is 0 Å². The van der Waals surface area contributed by atoms with Crippen LogP contribution in [0.25, 0.3) is 0 Å². The maximum Gasteiger partial charge on any atom is 0.251 e. The Bertz CT molecular complexity index is 508. The van der Waals surface area contributed by atoms with Crippen LogP contribution in [0, 0.1) is 0 Å². The van der Waals surface area contributed by atoms with Crippen LogP contribution in [0.2, 0.25) is 0 Å². The minimum atomic E-state index is -0.0728. The molecule has 1 aliphatic rings. The summed E-state index contributed by atoms with van der Waals surface area (Å²) in [6.45, 7) is 0.540. The van der Waals surface area contributed by atoms with Gasteiger partial charge in [-0.05, 0) is 31.4 Å². The monoisotopic (exact) mass is 330 g/mol. The van der Waals surface area contributed by atoms with E-state index in [1.165, 1.54) is 32.1 Å². The molecular weight excluding hydrogens is 300 g/mol. The highest BCUT2D eigenvalue weighted by Crippen LogP contribution is 2.21. The highest BCUT2D eigenvalue weighted by molar-refractivity contribution is 5.94. The number of nitrogens with one attached hydrogen (secondary N) is 1. The molecule has 1 saturated carbocycles. The zero-order valence-electron chi connectivity index (χ0n) is 14.8. The van der Waals surface area contributed by atoms with E-state index in [4.69, 9.17) is 0 Å². The summed E-state index contributed by atoms with van der Waals surface area (Å²) in [6.07, 6.45) is 9.85. The van der Waals surface area contributed by atoms with Crippen LogP contribution in [0.1, 0.15) is 68.1 Å². The summed E-state index contributed by atoms with van der Waals surface area (Å²) in [6, 6.07) is 9.58.